The van der Waals surface area contributed by atoms with Crippen LogP contribution in [0.3, 0.4) is 0 Å². The number of halogens is 1. The average molecular weight is 370 g/mol. The molecule has 2 aromatic carbocycles. The van der Waals surface area contributed by atoms with Gasteiger partial charge in [0.1, 0.15) is 0 Å². The Balaban J connectivity index is 2.14. The zero-order valence-electron chi connectivity index (χ0n) is 11.2. The van der Waals surface area contributed by atoms with Crippen LogP contribution in [0, 0.1) is 0 Å². The van der Waals surface area contributed by atoms with Crippen LogP contribution in [0.15, 0.2) is 64.0 Å². The van der Waals surface area contributed by atoms with Crippen molar-refractivity contribution in [2.24, 2.45) is 0 Å². The van der Waals surface area contributed by atoms with Crippen molar-refractivity contribution < 1.29 is 13.5 Å². The zero-order valence-corrected chi connectivity index (χ0v) is 13.6. The van der Waals surface area contributed by atoms with Crippen molar-refractivity contribution >= 4 is 26.0 Å². The van der Waals surface area contributed by atoms with Gasteiger partial charge >= 0.3 is 0 Å². The lowest BCUT2D eigenvalue weighted by atomic mass is 10.1. The number of hydrogen-bond donors (Lipinski definition) is 2. The van der Waals surface area contributed by atoms with Crippen molar-refractivity contribution in [3.63, 3.8) is 0 Å². The Kier molecular flexibility index (Phi) is 5.52. The molecule has 2 rings (SSSR count). The van der Waals surface area contributed by atoms with Gasteiger partial charge in [-0.25, -0.2) is 13.1 Å². The highest BCUT2D eigenvalue weighted by Crippen LogP contribution is 2.16. The van der Waals surface area contributed by atoms with Gasteiger partial charge in [0.15, 0.2) is 0 Å². The van der Waals surface area contributed by atoms with Crippen LogP contribution in [0.4, 0.5) is 0 Å². The third-order valence-corrected chi connectivity index (χ3v) is 4.98. The summed E-state index contributed by atoms with van der Waals surface area (Å²) in [6.45, 7) is -0.262. The molecule has 0 amide bonds. The molecule has 0 radical (unpaired) electrons. The molecule has 1 unspecified atom stereocenters. The number of aliphatic hydroxyl groups is 1. The summed E-state index contributed by atoms with van der Waals surface area (Å²) in [6.07, 6.45) is 0.435. The minimum atomic E-state index is -3.65. The van der Waals surface area contributed by atoms with Crippen LogP contribution in [0.25, 0.3) is 0 Å². The van der Waals surface area contributed by atoms with E-state index >= 15 is 0 Å². The summed E-state index contributed by atoms with van der Waals surface area (Å²) in [6, 6.07) is 15.4. The van der Waals surface area contributed by atoms with E-state index in [1.807, 2.05) is 30.3 Å². The molecule has 0 aliphatic rings. The molecule has 0 heterocycles. The van der Waals surface area contributed by atoms with E-state index in [2.05, 4.69) is 20.7 Å². The minimum Gasteiger partial charge on any atom is -0.395 e. The molecule has 0 spiro atoms. The summed E-state index contributed by atoms with van der Waals surface area (Å²) in [7, 11) is -3.65. The third kappa shape index (κ3) is 4.64. The van der Waals surface area contributed by atoms with Crippen LogP contribution in [-0.2, 0) is 16.4 Å². The van der Waals surface area contributed by atoms with Gasteiger partial charge in [0.05, 0.1) is 11.5 Å². The highest BCUT2D eigenvalue weighted by atomic mass is 79.9. The Labute approximate surface area is 133 Å². The molecular weight excluding hydrogens is 354 g/mol. The molecule has 112 valence electrons. The van der Waals surface area contributed by atoms with Crippen LogP contribution in [-0.4, -0.2) is 26.2 Å². The number of aliphatic hydroxyl groups excluding tert-OH is 1. The van der Waals surface area contributed by atoms with E-state index in [1.165, 1.54) is 12.1 Å². The van der Waals surface area contributed by atoms with Crippen LogP contribution in [0.5, 0.6) is 0 Å². The molecule has 6 heteroatoms. The maximum absolute atomic E-state index is 12.3. The van der Waals surface area contributed by atoms with E-state index in [0.29, 0.717) is 10.9 Å². The molecular formula is C15H16BrNO3S. The Bertz CT molecular complexity index is 689. The topological polar surface area (TPSA) is 66.4 Å². The molecule has 21 heavy (non-hydrogen) atoms. The van der Waals surface area contributed by atoms with Crippen LogP contribution in [0.1, 0.15) is 5.56 Å². The van der Waals surface area contributed by atoms with Crippen molar-refractivity contribution in [3.8, 4) is 0 Å². The van der Waals surface area contributed by atoms with Gasteiger partial charge in [-0.1, -0.05) is 52.3 Å². The summed E-state index contributed by atoms with van der Waals surface area (Å²) >= 11 is 3.25. The normalized spacial score (nSPS) is 13.0. The molecule has 2 aromatic rings. The highest BCUT2D eigenvalue weighted by Gasteiger charge is 2.20. The first-order chi connectivity index (χ1) is 10.0. The number of nitrogens with one attached hydrogen (secondary N) is 1. The molecule has 0 fully saturated rings. The predicted octanol–water partition coefficient (Wildman–Crippen LogP) is 2.33. The quantitative estimate of drug-likeness (QED) is 0.820. The molecule has 0 saturated carbocycles. The van der Waals surface area contributed by atoms with Gasteiger partial charge in [-0.2, -0.15) is 0 Å². The lowest BCUT2D eigenvalue weighted by Gasteiger charge is -2.16. The standard InChI is InChI=1S/C15H16BrNO3S/c16-13-7-4-8-15(10-13)21(19,20)17-14(11-18)9-12-5-2-1-3-6-12/h1-8,10,14,17-18H,9,11H2. The molecule has 1 atom stereocenters. The smallest absolute Gasteiger partial charge is 0.240 e. The largest absolute Gasteiger partial charge is 0.395 e. The van der Waals surface area contributed by atoms with Crippen LogP contribution < -0.4 is 4.72 Å². The summed E-state index contributed by atoms with van der Waals surface area (Å²) in [4.78, 5) is 0.170. The monoisotopic (exact) mass is 369 g/mol. The maximum atomic E-state index is 12.3. The van der Waals surface area contributed by atoms with E-state index < -0.39 is 16.1 Å². The fraction of sp³-hybridized carbons (Fsp3) is 0.200. The summed E-state index contributed by atoms with van der Waals surface area (Å²) in [5.41, 5.74) is 0.966. The molecule has 0 aliphatic heterocycles. The summed E-state index contributed by atoms with van der Waals surface area (Å²) in [5.74, 6) is 0. The number of benzene rings is 2. The van der Waals surface area contributed by atoms with Crippen molar-refractivity contribution in [1.82, 2.24) is 4.72 Å². The number of rotatable bonds is 6. The molecule has 0 aromatic heterocycles. The van der Waals surface area contributed by atoms with Gasteiger partial charge in [-0.3, -0.25) is 0 Å². The van der Waals surface area contributed by atoms with Crippen LogP contribution in [0.2, 0.25) is 0 Å². The Morgan fingerprint density at radius 2 is 1.81 bits per heavy atom. The van der Waals surface area contributed by atoms with Gasteiger partial charge in [0.2, 0.25) is 10.0 Å². The second-order valence-corrected chi connectivity index (χ2v) is 7.28. The molecule has 0 bridgehead atoms. The van der Waals surface area contributed by atoms with E-state index in [1.54, 1.807) is 12.1 Å². The van der Waals surface area contributed by atoms with Crippen molar-refractivity contribution in [1.29, 1.82) is 0 Å². The average Bonchev–Trinajstić information content (AvgIpc) is 2.47. The van der Waals surface area contributed by atoms with Gasteiger partial charge in [-0.05, 0) is 30.2 Å². The lowest BCUT2D eigenvalue weighted by molar-refractivity contribution is 0.256. The Hall–Kier alpha value is -1.21. The number of sulfonamides is 1. The summed E-state index contributed by atoms with van der Waals surface area (Å²) in [5, 5.41) is 9.42. The van der Waals surface area contributed by atoms with Crippen molar-refractivity contribution in [3.05, 3.63) is 64.6 Å². The first-order valence-electron chi connectivity index (χ1n) is 6.44. The molecule has 0 aliphatic carbocycles. The van der Waals surface area contributed by atoms with Gasteiger partial charge in [-0.15, -0.1) is 0 Å². The predicted molar refractivity (Wildman–Crippen MR) is 85.5 cm³/mol. The summed E-state index contributed by atoms with van der Waals surface area (Å²) < 4.78 is 27.8. The molecule has 4 nitrogen and oxygen atoms in total. The first-order valence-corrected chi connectivity index (χ1v) is 8.71. The third-order valence-electron chi connectivity index (χ3n) is 2.97. The SMILES string of the molecule is O=S(=O)(NC(CO)Cc1ccccc1)c1cccc(Br)c1. The zero-order chi connectivity index (χ0) is 15.3. The first kappa shape index (κ1) is 16.2. The minimum absolute atomic E-state index is 0.170. The van der Waals surface area contributed by atoms with Crippen molar-refractivity contribution in [2.45, 2.75) is 17.4 Å². The lowest BCUT2D eigenvalue weighted by Crippen LogP contribution is -2.39. The van der Waals surface area contributed by atoms with E-state index in [-0.39, 0.29) is 11.5 Å². The van der Waals surface area contributed by atoms with Gasteiger partial charge in [0, 0.05) is 10.5 Å². The highest BCUT2D eigenvalue weighted by molar-refractivity contribution is 9.10. The van der Waals surface area contributed by atoms with E-state index in [0.717, 1.165) is 5.56 Å². The fourth-order valence-corrected chi connectivity index (χ4v) is 3.79. The number of hydrogen-bond acceptors (Lipinski definition) is 3. The fourth-order valence-electron chi connectivity index (χ4n) is 1.96. The van der Waals surface area contributed by atoms with Gasteiger partial charge in [0.25, 0.3) is 0 Å². The second-order valence-electron chi connectivity index (χ2n) is 4.65. The molecule has 0 saturated heterocycles. The Morgan fingerprint density at radius 3 is 2.43 bits per heavy atom. The van der Waals surface area contributed by atoms with Crippen LogP contribution >= 0.6 is 15.9 Å². The van der Waals surface area contributed by atoms with E-state index in [4.69, 9.17) is 0 Å². The maximum Gasteiger partial charge on any atom is 0.240 e. The van der Waals surface area contributed by atoms with E-state index in [9.17, 15) is 13.5 Å². The molecule has 2 N–H and O–H groups in total. The second kappa shape index (κ2) is 7.17. The van der Waals surface area contributed by atoms with Gasteiger partial charge < -0.3 is 5.11 Å². The Morgan fingerprint density at radius 1 is 1.10 bits per heavy atom. The van der Waals surface area contributed by atoms with Crippen molar-refractivity contribution in [2.75, 3.05) is 6.61 Å².